The largest absolute Gasteiger partial charge is 0.313 e. The summed E-state index contributed by atoms with van der Waals surface area (Å²) in [5.74, 6) is 1.30. The Morgan fingerprint density at radius 2 is 2.00 bits per heavy atom. The Morgan fingerprint density at radius 3 is 2.60 bits per heavy atom. The molecule has 1 aliphatic rings. The fourth-order valence-electron chi connectivity index (χ4n) is 2.86. The van der Waals surface area contributed by atoms with Crippen molar-refractivity contribution < 1.29 is 4.21 Å². The van der Waals surface area contributed by atoms with Crippen LogP contribution in [0.15, 0.2) is 23.1 Å². The van der Waals surface area contributed by atoms with Crippen LogP contribution in [0.4, 0.5) is 0 Å². The third kappa shape index (κ3) is 4.20. The van der Waals surface area contributed by atoms with Crippen LogP contribution in [0.1, 0.15) is 32.6 Å². The molecule has 0 aromatic heterocycles. The molecule has 0 bridgehead atoms. The molecule has 20 heavy (non-hydrogen) atoms. The maximum absolute atomic E-state index is 12.5. The molecule has 1 aliphatic carbocycles. The van der Waals surface area contributed by atoms with Crippen molar-refractivity contribution in [2.24, 2.45) is 5.92 Å². The van der Waals surface area contributed by atoms with Crippen LogP contribution in [0.5, 0.6) is 0 Å². The van der Waals surface area contributed by atoms with E-state index in [1.54, 1.807) is 12.1 Å². The van der Waals surface area contributed by atoms with Gasteiger partial charge in [-0.05, 0) is 43.5 Å². The summed E-state index contributed by atoms with van der Waals surface area (Å²) in [4.78, 5) is 0.764. The average molecular weight is 334 g/mol. The molecule has 0 spiro atoms. The van der Waals surface area contributed by atoms with Crippen molar-refractivity contribution in [3.8, 4) is 0 Å². The van der Waals surface area contributed by atoms with Gasteiger partial charge in [-0.3, -0.25) is 4.21 Å². The lowest BCUT2D eigenvalue weighted by Gasteiger charge is -2.23. The Morgan fingerprint density at radius 1 is 1.30 bits per heavy atom. The quantitative estimate of drug-likeness (QED) is 0.842. The minimum atomic E-state index is -1.04. The van der Waals surface area contributed by atoms with Crippen LogP contribution in [-0.4, -0.2) is 22.5 Å². The molecule has 1 fully saturated rings. The van der Waals surface area contributed by atoms with Crippen LogP contribution >= 0.6 is 23.2 Å². The van der Waals surface area contributed by atoms with E-state index >= 15 is 0 Å². The maximum Gasteiger partial charge on any atom is 0.0604 e. The molecule has 0 radical (unpaired) electrons. The molecule has 2 nitrogen and oxygen atoms in total. The first-order chi connectivity index (χ1) is 9.61. The number of nitrogens with one attached hydrogen (secondary N) is 1. The second-order valence-corrected chi connectivity index (χ2v) is 7.61. The van der Waals surface area contributed by atoms with Crippen LogP contribution in [0.3, 0.4) is 0 Å². The van der Waals surface area contributed by atoms with Gasteiger partial charge in [0.1, 0.15) is 0 Å². The van der Waals surface area contributed by atoms with Crippen LogP contribution < -0.4 is 5.32 Å². The van der Waals surface area contributed by atoms with E-state index in [1.165, 1.54) is 25.7 Å². The van der Waals surface area contributed by atoms with E-state index in [0.717, 1.165) is 11.4 Å². The van der Waals surface area contributed by atoms with E-state index in [4.69, 9.17) is 23.2 Å². The summed E-state index contributed by atoms with van der Waals surface area (Å²) in [5.41, 5.74) is 0. The molecule has 5 heteroatoms. The van der Waals surface area contributed by atoms with Gasteiger partial charge in [0.2, 0.25) is 0 Å². The van der Waals surface area contributed by atoms with Crippen molar-refractivity contribution in [2.75, 3.05) is 12.3 Å². The van der Waals surface area contributed by atoms with Crippen molar-refractivity contribution in [1.29, 1.82) is 0 Å². The van der Waals surface area contributed by atoms with Crippen LogP contribution in [0.2, 0.25) is 10.0 Å². The highest BCUT2D eigenvalue weighted by molar-refractivity contribution is 7.85. The Balaban J connectivity index is 2.05. The zero-order chi connectivity index (χ0) is 14.5. The van der Waals surface area contributed by atoms with Crippen LogP contribution in [-0.2, 0) is 10.8 Å². The SMILES string of the molecule is CCNC(CS(=O)c1ccc(Cl)c(Cl)c1)C1CCCC1. The summed E-state index contributed by atoms with van der Waals surface area (Å²) < 4.78 is 12.5. The van der Waals surface area contributed by atoms with Crippen molar-refractivity contribution in [3.63, 3.8) is 0 Å². The lowest BCUT2D eigenvalue weighted by Crippen LogP contribution is -2.39. The van der Waals surface area contributed by atoms with Crippen molar-refractivity contribution in [3.05, 3.63) is 28.2 Å². The number of rotatable bonds is 6. The van der Waals surface area contributed by atoms with E-state index in [2.05, 4.69) is 12.2 Å². The Bertz CT molecular complexity index is 475. The lowest BCUT2D eigenvalue weighted by molar-refractivity contribution is 0.392. The molecule has 1 saturated carbocycles. The van der Waals surface area contributed by atoms with E-state index in [1.807, 2.05) is 6.07 Å². The minimum absolute atomic E-state index is 0.331. The summed E-state index contributed by atoms with van der Waals surface area (Å²) in [7, 11) is -1.04. The van der Waals surface area contributed by atoms with Crippen molar-refractivity contribution in [1.82, 2.24) is 5.32 Å². The second-order valence-electron chi connectivity index (χ2n) is 5.30. The average Bonchev–Trinajstić information content (AvgIpc) is 2.95. The topological polar surface area (TPSA) is 29.1 Å². The van der Waals surface area contributed by atoms with Gasteiger partial charge in [0.15, 0.2) is 0 Å². The predicted octanol–water partition coefficient (Wildman–Crippen LogP) is 4.27. The fourth-order valence-corrected chi connectivity index (χ4v) is 4.60. The summed E-state index contributed by atoms with van der Waals surface area (Å²) >= 11 is 11.9. The molecule has 2 atom stereocenters. The molecule has 2 rings (SSSR count). The fraction of sp³-hybridized carbons (Fsp3) is 0.600. The second kappa shape index (κ2) is 7.79. The summed E-state index contributed by atoms with van der Waals surface area (Å²) in [6.07, 6.45) is 5.09. The minimum Gasteiger partial charge on any atom is -0.313 e. The van der Waals surface area contributed by atoms with E-state index < -0.39 is 10.8 Å². The van der Waals surface area contributed by atoms with Gasteiger partial charge in [0.25, 0.3) is 0 Å². The molecule has 0 heterocycles. The van der Waals surface area contributed by atoms with Crippen LogP contribution in [0, 0.1) is 5.92 Å². The summed E-state index contributed by atoms with van der Waals surface area (Å²) in [5, 5.41) is 4.48. The Kier molecular flexibility index (Phi) is 6.34. The van der Waals surface area contributed by atoms with Gasteiger partial charge >= 0.3 is 0 Å². The smallest absolute Gasteiger partial charge is 0.0604 e. The molecule has 2 unspecified atom stereocenters. The van der Waals surface area contributed by atoms with Crippen molar-refractivity contribution >= 4 is 34.0 Å². The van der Waals surface area contributed by atoms with Gasteiger partial charge in [-0.25, -0.2) is 0 Å². The number of hydrogen-bond donors (Lipinski definition) is 1. The van der Waals surface area contributed by atoms with Gasteiger partial charge in [-0.15, -0.1) is 0 Å². The zero-order valence-electron chi connectivity index (χ0n) is 11.7. The molecular formula is C15H21Cl2NOS. The maximum atomic E-state index is 12.5. The Hall–Kier alpha value is -0.0900. The normalized spacial score (nSPS) is 19.1. The third-order valence-corrected chi connectivity index (χ3v) is 6.10. The Labute approximate surface area is 133 Å². The molecule has 1 aromatic carbocycles. The predicted molar refractivity (Wildman–Crippen MR) is 87.2 cm³/mol. The van der Waals surface area contributed by atoms with Gasteiger partial charge in [-0.2, -0.15) is 0 Å². The van der Waals surface area contributed by atoms with Crippen molar-refractivity contribution in [2.45, 2.75) is 43.5 Å². The van der Waals surface area contributed by atoms with Gasteiger partial charge in [-0.1, -0.05) is 43.0 Å². The molecule has 1 aromatic rings. The first-order valence-electron chi connectivity index (χ1n) is 7.18. The van der Waals surface area contributed by atoms with Gasteiger partial charge in [0, 0.05) is 16.7 Å². The molecular weight excluding hydrogens is 313 g/mol. The molecule has 0 amide bonds. The monoisotopic (exact) mass is 333 g/mol. The molecule has 1 N–H and O–H groups in total. The lowest BCUT2D eigenvalue weighted by atomic mass is 10.00. The zero-order valence-corrected chi connectivity index (χ0v) is 14.0. The highest BCUT2D eigenvalue weighted by Gasteiger charge is 2.26. The molecule has 0 saturated heterocycles. The number of hydrogen-bond acceptors (Lipinski definition) is 2. The van der Waals surface area contributed by atoms with Crippen LogP contribution in [0.25, 0.3) is 0 Å². The highest BCUT2D eigenvalue weighted by Crippen LogP contribution is 2.29. The van der Waals surface area contributed by atoms with E-state index in [0.29, 0.717) is 27.8 Å². The third-order valence-electron chi connectivity index (χ3n) is 3.92. The summed E-state index contributed by atoms with van der Waals surface area (Å²) in [6, 6.07) is 5.58. The number of benzene rings is 1. The summed E-state index contributed by atoms with van der Waals surface area (Å²) in [6.45, 7) is 3.02. The highest BCUT2D eigenvalue weighted by atomic mass is 35.5. The molecule has 0 aliphatic heterocycles. The van der Waals surface area contributed by atoms with Gasteiger partial charge < -0.3 is 5.32 Å². The first kappa shape index (κ1) is 16.3. The number of halogens is 2. The van der Waals surface area contributed by atoms with E-state index in [9.17, 15) is 4.21 Å². The molecule has 112 valence electrons. The standard InChI is InChI=1S/C15H21Cl2NOS/c1-2-18-15(11-5-3-4-6-11)10-20(19)12-7-8-13(16)14(17)9-12/h7-9,11,15,18H,2-6,10H2,1H3. The van der Waals surface area contributed by atoms with E-state index in [-0.39, 0.29) is 0 Å². The van der Waals surface area contributed by atoms with Gasteiger partial charge in [0.05, 0.1) is 20.8 Å². The first-order valence-corrected chi connectivity index (χ1v) is 9.26.